The van der Waals surface area contributed by atoms with E-state index in [4.69, 9.17) is 10.2 Å². The first-order chi connectivity index (χ1) is 19.1. The first-order valence-corrected chi connectivity index (χ1v) is 12.1. The van der Waals surface area contributed by atoms with E-state index in [0.29, 0.717) is 31.0 Å². The third kappa shape index (κ3) is 7.18. The molecule has 0 aliphatic carbocycles. The highest BCUT2D eigenvalue weighted by Crippen LogP contribution is 2.52. The lowest BCUT2D eigenvalue weighted by molar-refractivity contribution is -0.377. The summed E-state index contributed by atoms with van der Waals surface area (Å²) in [6, 6.07) is 2.60. The molecule has 0 spiro atoms. The van der Waals surface area contributed by atoms with Gasteiger partial charge in [0.25, 0.3) is 11.2 Å². The van der Waals surface area contributed by atoms with Gasteiger partial charge in [-0.25, -0.2) is 13.2 Å². The van der Waals surface area contributed by atoms with Crippen LogP contribution in [0.1, 0.15) is 74.6 Å². The maximum Gasteiger partial charge on any atom is 0.430 e. The van der Waals surface area contributed by atoms with Crippen molar-refractivity contribution in [3.63, 3.8) is 0 Å². The second-order valence-corrected chi connectivity index (χ2v) is 9.60. The second kappa shape index (κ2) is 12.7. The van der Waals surface area contributed by atoms with E-state index in [9.17, 15) is 65.9 Å². The Morgan fingerprint density at radius 1 is 0.558 bits per heavy atom. The van der Waals surface area contributed by atoms with Crippen molar-refractivity contribution >= 4 is 0 Å². The number of hydrogen-bond donors (Lipinski definition) is 2. The third-order valence-electron chi connectivity index (χ3n) is 6.85. The number of halogens is 15. The summed E-state index contributed by atoms with van der Waals surface area (Å²) in [6.45, 7) is 6.39. The molecule has 0 fully saturated rings. The van der Waals surface area contributed by atoms with Crippen molar-refractivity contribution < 1.29 is 76.1 Å². The van der Waals surface area contributed by atoms with Crippen LogP contribution in [0.4, 0.5) is 65.9 Å². The van der Waals surface area contributed by atoms with E-state index in [-0.39, 0.29) is 23.1 Å². The van der Waals surface area contributed by atoms with Crippen molar-refractivity contribution in [3.8, 4) is 0 Å². The Bertz CT molecular complexity index is 1220. The molecule has 0 saturated carbocycles. The average molecular weight is 654 g/mol. The molecule has 0 radical (unpaired) electrons. The zero-order chi connectivity index (χ0) is 34.1. The van der Waals surface area contributed by atoms with Crippen LogP contribution in [0.2, 0.25) is 0 Å². The van der Waals surface area contributed by atoms with Gasteiger partial charge in [0.05, 0.1) is 0 Å². The Kier molecular flexibility index (Phi) is 11.4. The van der Waals surface area contributed by atoms with Crippen molar-refractivity contribution in [3.05, 3.63) is 70.0 Å². The molecule has 2 N–H and O–H groups in total. The molecule has 2 unspecified atom stereocenters. The molecule has 2 atom stereocenters. The Morgan fingerprint density at radius 2 is 0.930 bits per heavy atom. The molecule has 43 heavy (non-hydrogen) atoms. The number of aliphatic hydroxyl groups is 2. The van der Waals surface area contributed by atoms with Gasteiger partial charge in [0.1, 0.15) is 5.82 Å². The van der Waals surface area contributed by atoms with Crippen LogP contribution in [0.15, 0.2) is 30.3 Å². The summed E-state index contributed by atoms with van der Waals surface area (Å²) in [7, 11) is 0. The molecular weight excluding hydrogens is 629 g/mol. The van der Waals surface area contributed by atoms with E-state index in [1.807, 2.05) is 0 Å². The zero-order valence-corrected chi connectivity index (χ0v) is 22.5. The van der Waals surface area contributed by atoms with E-state index < -0.39 is 70.4 Å². The Hall–Kier alpha value is -2.69. The fraction of sp³-hybridized carbons (Fsp3) is 0.538. The van der Waals surface area contributed by atoms with Crippen LogP contribution in [-0.4, -0.2) is 34.9 Å². The maximum absolute atomic E-state index is 13.8. The van der Waals surface area contributed by atoms with Crippen molar-refractivity contribution in [2.24, 2.45) is 0 Å². The summed E-state index contributed by atoms with van der Waals surface area (Å²) < 4.78 is 193. The Labute approximate surface area is 235 Å². The summed E-state index contributed by atoms with van der Waals surface area (Å²) in [5.41, 5.74) is -14.9. The first-order valence-electron chi connectivity index (χ1n) is 12.1. The summed E-state index contributed by atoms with van der Waals surface area (Å²) in [6.07, 6.45) is -23.9. The molecule has 0 aliphatic heterocycles. The zero-order valence-electron chi connectivity index (χ0n) is 22.5. The minimum absolute atomic E-state index is 0.112. The van der Waals surface area contributed by atoms with E-state index >= 15 is 0 Å². The Balaban J connectivity index is 0.000000430. The van der Waals surface area contributed by atoms with Crippen LogP contribution >= 0.6 is 0 Å². The Morgan fingerprint density at radius 3 is 1.28 bits per heavy atom. The molecular formula is C26H25F15O2. The largest absolute Gasteiger partial charge is 0.430 e. The standard InChI is InChI=1S/C13H12F8O.C13H13F7O/c1-3-6(2)7-4-5-8(10(15)9(7)14)11(22,12(16,17)18)13(19,20)21;1-3-7(2)8-4-5-9(10(14)6-8)11(21,12(15,16)17)13(18,19)20/h4-6,22H,3H2,1-2H3;4-7,21H,3H2,1-2H3. The van der Waals surface area contributed by atoms with Crippen molar-refractivity contribution in [1.29, 1.82) is 0 Å². The van der Waals surface area contributed by atoms with Crippen LogP contribution in [0, 0.1) is 17.5 Å². The van der Waals surface area contributed by atoms with Crippen molar-refractivity contribution in [1.82, 2.24) is 0 Å². The van der Waals surface area contributed by atoms with E-state index in [1.165, 1.54) is 6.92 Å². The van der Waals surface area contributed by atoms with Crippen LogP contribution in [0.3, 0.4) is 0 Å². The van der Waals surface area contributed by atoms with Crippen LogP contribution in [0.5, 0.6) is 0 Å². The highest BCUT2D eigenvalue weighted by molar-refractivity contribution is 5.35. The third-order valence-corrected chi connectivity index (χ3v) is 6.85. The molecule has 2 nitrogen and oxygen atoms in total. The SMILES string of the molecule is CCC(C)c1ccc(C(O)(C(F)(F)F)C(F)(F)F)c(F)c1.CCC(C)c1ccc(C(O)(C(F)(F)F)C(F)(F)F)c(F)c1F. The fourth-order valence-corrected chi connectivity index (χ4v) is 3.74. The van der Waals surface area contributed by atoms with Gasteiger partial charge in [-0.05, 0) is 41.9 Å². The molecule has 0 amide bonds. The van der Waals surface area contributed by atoms with Crippen LogP contribution < -0.4 is 0 Å². The lowest BCUT2D eigenvalue weighted by atomic mass is 9.88. The average Bonchev–Trinajstić information content (AvgIpc) is 2.86. The van der Waals surface area contributed by atoms with Gasteiger partial charge in [0, 0.05) is 11.1 Å². The molecule has 17 heteroatoms. The molecule has 0 aromatic heterocycles. The van der Waals surface area contributed by atoms with E-state index in [1.54, 1.807) is 20.8 Å². The molecule has 2 aromatic rings. The van der Waals surface area contributed by atoms with Gasteiger partial charge in [-0.1, -0.05) is 52.0 Å². The van der Waals surface area contributed by atoms with Crippen molar-refractivity contribution in [2.45, 2.75) is 88.3 Å². The molecule has 0 saturated heterocycles. The normalized spacial score (nSPS) is 15.1. The molecule has 0 aliphatic rings. The summed E-state index contributed by atoms with van der Waals surface area (Å²) in [5, 5.41) is 18.2. The van der Waals surface area contributed by atoms with Gasteiger partial charge < -0.3 is 10.2 Å². The number of rotatable bonds is 6. The minimum Gasteiger partial charge on any atom is -0.369 e. The van der Waals surface area contributed by atoms with Gasteiger partial charge in [0.2, 0.25) is 0 Å². The van der Waals surface area contributed by atoms with Crippen LogP contribution in [-0.2, 0) is 11.2 Å². The summed E-state index contributed by atoms with van der Waals surface area (Å²) in [5.74, 6) is -6.80. The predicted molar refractivity (Wildman–Crippen MR) is 122 cm³/mol. The molecule has 2 aromatic carbocycles. The lowest BCUT2D eigenvalue weighted by Crippen LogP contribution is -2.54. The molecule has 246 valence electrons. The monoisotopic (exact) mass is 654 g/mol. The molecule has 2 rings (SSSR count). The lowest BCUT2D eigenvalue weighted by Gasteiger charge is -2.33. The predicted octanol–water partition coefficient (Wildman–Crippen LogP) is 9.44. The highest BCUT2D eigenvalue weighted by Gasteiger charge is 2.73. The smallest absolute Gasteiger partial charge is 0.369 e. The second-order valence-electron chi connectivity index (χ2n) is 9.60. The van der Waals surface area contributed by atoms with Gasteiger partial charge >= 0.3 is 24.7 Å². The minimum atomic E-state index is -6.27. The van der Waals surface area contributed by atoms with E-state index in [2.05, 4.69) is 0 Å². The van der Waals surface area contributed by atoms with Gasteiger partial charge in [0.15, 0.2) is 11.6 Å². The van der Waals surface area contributed by atoms with E-state index in [0.717, 1.165) is 6.07 Å². The fourth-order valence-electron chi connectivity index (χ4n) is 3.74. The van der Waals surface area contributed by atoms with Crippen LogP contribution in [0.25, 0.3) is 0 Å². The molecule has 0 heterocycles. The number of alkyl halides is 12. The van der Waals surface area contributed by atoms with Gasteiger partial charge in [-0.15, -0.1) is 0 Å². The topological polar surface area (TPSA) is 40.5 Å². The first kappa shape index (κ1) is 38.3. The summed E-state index contributed by atoms with van der Waals surface area (Å²) in [4.78, 5) is 0. The molecule has 0 bridgehead atoms. The highest BCUT2D eigenvalue weighted by atomic mass is 19.4. The number of hydrogen-bond acceptors (Lipinski definition) is 2. The quantitative estimate of drug-likeness (QED) is 0.305. The summed E-state index contributed by atoms with van der Waals surface area (Å²) >= 11 is 0. The number of benzene rings is 2. The van der Waals surface area contributed by atoms with Crippen molar-refractivity contribution in [2.75, 3.05) is 0 Å². The van der Waals surface area contributed by atoms with Gasteiger partial charge in [-0.2, -0.15) is 52.7 Å². The maximum atomic E-state index is 13.8. The van der Waals surface area contributed by atoms with Gasteiger partial charge in [-0.3, -0.25) is 0 Å².